The van der Waals surface area contributed by atoms with Crippen LogP contribution in [-0.4, -0.2) is 16.9 Å². The van der Waals surface area contributed by atoms with Crippen LogP contribution >= 0.6 is 11.6 Å². The SMILES string of the molecule is CC(C)(C)CC1CC(=O)Nc2ccc(Cl)nc2N1. The van der Waals surface area contributed by atoms with Crippen molar-refractivity contribution >= 4 is 29.0 Å². The lowest BCUT2D eigenvalue weighted by Crippen LogP contribution is -2.28. The van der Waals surface area contributed by atoms with Gasteiger partial charge in [0.1, 0.15) is 5.15 Å². The summed E-state index contributed by atoms with van der Waals surface area (Å²) in [6.07, 6.45) is 1.35. The number of carbonyl (C=O) groups excluding carboxylic acids is 1. The fourth-order valence-electron chi connectivity index (χ4n) is 2.18. The van der Waals surface area contributed by atoms with Crippen LogP contribution in [0.2, 0.25) is 5.15 Å². The molecule has 2 rings (SSSR count). The largest absolute Gasteiger partial charge is 0.365 e. The van der Waals surface area contributed by atoms with Gasteiger partial charge in [-0.25, -0.2) is 4.98 Å². The van der Waals surface area contributed by atoms with E-state index in [9.17, 15) is 4.79 Å². The Balaban J connectivity index is 2.25. The number of aromatic nitrogens is 1. The first-order valence-electron chi connectivity index (χ1n) is 6.06. The molecular formula is C13H18ClN3O. The van der Waals surface area contributed by atoms with E-state index in [-0.39, 0.29) is 17.4 Å². The highest BCUT2D eigenvalue weighted by Gasteiger charge is 2.25. The van der Waals surface area contributed by atoms with Gasteiger partial charge in [-0.15, -0.1) is 0 Å². The molecule has 0 saturated carbocycles. The smallest absolute Gasteiger partial charge is 0.226 e. The van der Waals surface area contributed by atoms with E-state index in [2.05, 4.69) is 36.4 Å². The van der Waals surface area contributed by atoms with Crippen LogP contribution in [0.1, 0.15) is 33.6 Å². The van der Waals surface area contributed by atoms with Crippen molar-refractivity contribution < 1.29 is 4.79 Å². The molecule has 0 spiro atoms. The Morgan fingerprint density at radius 1 is 1.44 bits per heavy atom. The normalized spacial score (nSPS) is 19.6. The summed E-state index contributed by atoms with van der Waals surface area (Å²) in [5.41, 5.74) is 0.849. The van der Waals surface area contributed by atoms with E-state index in [0.717, 1.165) is 6.42 Å². The van der Waals surface area contributed by atoms with Gasteiger partial charge < -0.3 is 10.6 Å². The fraction of sp³-hybridized carbons (Fsp3) is 0.538. The van der Waals surface area contributed by atoms with Gasteiger partial charge in [0.15, 0.2) is 5.82 Å². The molecular weight excluding hydrogens is 250 g/mol. The molecule has 2 heterocycles. The van der Waals surface area contributed by atoms with Crippen LogP contribution < -0.4 is 10.6 Å². The van der Waals surface area contributed by atoms with Gasteiger partial charge in [0.25, 0.3) is 0 Å². The van der Waals surface area contributed by atoms with Crippen molar-refractivity contribution in [1.29, 1.82) is 0 Å². The minimum Gasteiger partial charge on any atom is -0.365 e. The maximum atomic E-state index is 11.8. The lowest BCUT2D eigenvalue weighted by molar-refractivity contribution is -0.116. The number of halogens is 1. The topological polar surface area (TPSA) is 54.0 Å². The second kappa shape index (κ2) is 4.76. The number of fused-ring (bicyclic) bond motifs is 1. The first-order valence-corrected chi connectivity index (χ1v) is 6.44. The van der Waals surface area contributed by atoms with E-state index in [1.54, 1.807) is 12.1 Å². The minimum absolute atomic E-state index is 0.0135. The second-order valence-electron chi connectivity index (χ2n) is 5.89. The molecule has 0 bridgehead atoms. The second-order valence-corrected chi connectivity index (χ2v) is 6.28. The van der Waals surface area contributed by atoms with Crippen molar-refractivity contribution in [3.63, 3.8) is 0 Å². The van der Waals surface area contributed by atoms with Crippen LogP contribution in [0, 0.1) is 5.41 Å². The number of amides is 1. The van der Waals surface area contributed by atoms with E-state index < -0.39 is 0 Å². The summed E-state index contributed by atoms with van der Waals surface area (Å²) in [4.78, 5) is 16.0. The molecule has 0 aromatic carbocycles. The monoisotopic (exact) mass is 267 g/mol. The van der Waals surface area contributed by atoms with E-state index >= 15 is 0 Å². The summed E-state index contributed by atoms with van der Waals surface area (Å²) in [6.45, 7) is 6.47. The predicted octanol–water partition coefficient (Wildman–Crippen LogP) is 3.29. The number of anilines is 2. The molecule has 98 valence electrons. The summed E-state index contributed by atoms with van der Waals surface area (Å²) >= 11 is 5.88. The molecule has 1 amide bonds. The standard InChI is InChI=1S/C13H18ClN3O/c1-13(2,3)7-8-6-11(18)16-9-4-5-10(14)17-12(9)15-8/h4-5,8H,6-7H2,1-3H3,(H,15,17)(H,16,18). The summed E-state index contributed by atoms with van der Waals surface area (Å²) in [5.74, 6) is 0.669. The first kappa shape index (κ1) is 13.1. The molecule has 0 radical (unpaired) electrons. The number of hydrogen-bond donors (Lipinski definition) is 2. The molecule has 5 heteroatoms. The predicted molar refractivity (Wildman–Crippen MR) is 74.0 cm³/mol. The molecule has 1 unspecified atom stereocenters. The maximum Gasteiger partial charge on any atom is 0.226 e. The number of nitrogens with one attached hydrogen (secondary N) is 2. The Labute approximate surface area is 112 Å². The number of hydrogen-bond acceptors (Lipinski definition) is 3. The third-order valence-corrected chi connectivity index (χ3v) is 2.98. The van der Waals surface area contributed by atoms with Crippen LogP contribution in [-0.2, 0) is 4.79 Å². The molecule has 0 aliphatic carbocycles. The van der Waals surface area contributed by atoms with E-state index in [4.69, 9.17) is 11.6 Å². The van der Waals surface area contributed by atoms with Gasteiger partial charge in [-0.3, -0.25) is 4.79 Å². The van der Waals surface area contributed by atoms with Crippen LogP contribution in [0.25, 0.3) is 0 Å². The summed E-state index contributed by atoms with van der Waals surface area (Å²) in [6, 6.07) is 3.53. The number of pyridine rings is 1. The van der Waals surface area contributed by atoms with Gasteiger partial charge in [0.05, 0.1) is 5.69 Å². The number of nitrogens with zero attached hydrogens (tertiary/aromatic N) is 1. The van der Waals surface area contributed by atoms with Crippen molar-refractivity contribution in [2.24, 2.45) is 5.41 Å². The molecule has 1 aliphatic heterocycles. The van der Waals surface area contributed by atoms with Crippen LogP contribution in [0.3, 0.4) is 0 Å². The van der Waals surface area contributed by atoms with Crippen LogP contribution in [0.15, 0.2) is 12.1 Å². The van der Waals surface area contributed by atoms with Crippen LogP contribution in [0.4, 0.5) is 11.5 Å². The third kappa shape index (κ3) is 3.35. The molecule has 1 aliphatic rings. The highest BCUT2D eigenvalue weighted by Crippen LogP contribution is 2.30. The summed E-state index contributed by atoms with van der Waals surface area (Å²) in [5, 5.41) is 6.57. The summed E-state index contributed by atoms with van der Waals surface area (Å²) in [7, 11) is 0. The van der Waals surface area contributed by atoms with E-state index in [1.807, 2.05) is 0 Å². The van der Waals surface area contributed by atoms with Crippen molar-refractivity contribution in [3.8, 4) is 0 Å². The Hall–Kier alpha value is -1.29. The molecule has 2 N–H and O–H groups in total. The summed E-state index contributed by atoms with van der Waals surface area (Å²) < 4.78 is 0. The molecule has 0 fully saturated rings. The maximum absolute atomic E-state index is 11.8. The minimum atomic E-state index is 0.0135. The van der Waals surface area contributed by atoms with Gasteiger partial charge in [0.2, 0.25) is 5.91 Å². The lowest BCUT2D eigenvalue weighted by Gasteiger charge is -2.25. The molecule has 1 aromatic heterocycles. The zero-order valence-electron chi connectivity index (χ0n) is 10.9. The van der Waals surface area contributed by atoms with Gasteiger partial charge in [-0.1, -0.05) is 32.4 Å². The Morgan fingerprint density at radius 3 is 2.83 bits per heavy atom. The molecule has 18 heavy (non-hydrogen) atoms. The average Bonchev–Trinajstić information content (AvgIpc) is 2.32. The van der Waals surface area contributed by atoms with Crippen molar-refractivity contribution in [2.45, 2.75) is 39.7 Å². The highest BCUT2D eigenvalue weighted by molar-refractivity contribution is 6.29. The van der Waals surface area contributed by atoms with Crippen LogP contribution in [0.5, 0.6) is 0 Å². The zero-order valence-corrected chi connectivity index (χ0v) is 11.6. The van der Waals surface area contributed by atoms with Crippen molar-refractivity contribution in [2.75, 3.05) is 10.6 Å². The van der Waals surface area contributed by atoms with Gasteiger partial charge in [0, 0.05) is 12.5 Å². The molecule has 1 aromatic rings. The van der Waals surface area contributed by atoms with E-state index in [1.165, 1.54) is 0 Å². The van der Waals surface area contributed by atoms with Crippen molar-refractivity contribution in [3.05, 3.63) is 17.3 Å². The van der Waals surface area contributed by atoms with Gasteiger partial charge in [-0.05, 0) is 24.0 Å². The highest BCUT2D eigenvalue weighted by atomic mass is 35.5. The van der Waals surface area contributed by atoms with Gasteiger partial charge >= 0.3 is 0 Å². The molecule has 1 atom stereocenters. The zero-order chi connectivity index (χ0) is 13.3. The Bertz CT molecular complexity index is 468. The molecule has 4 nitrogen and oxygen atoms in total. The Kier molecular flexibility index (Phi) is 3.48. The van der Waals surface area contributed by atoms with E-state index in [0.29, 0.717) is 23.1 Å². The van der Waals surface area contributed by atoms with Gasteiger partial charge in [-0.2, -0.15) is 0 Å². The van der Waals surface area contributed by atoms with Crippen molar-refractivity contribution in [1.82, 2.24) is 4.98 Å². The number of rotatable bonds is 1. The lowest BCUT2D eigenvalue weighted by atomic mass is 9.87. The Morgan fingerprint density at radius 2 is 2.17 bits per heavy atom. The fourth-order valence-corrected chi connectivity index (χ4v) is 2.33. The third-order valence-electron chi connectivity index (χ3n) is 2.77. The number of carbonyl (C=O) groups is 1. The first-order chi connectivity index (χ1) is 8.33. The average molecular weight is 268 g/mol. The molecule has 0 saturated heterocycles. The quantitative estimate of drug-likeness (QED) is 0.768.